The molecule has 1 saturated heterocycles. The molecular formula is C21H19N5O. The summed E-state index contributed by atoms with van der Waals surface area (Å²) >= 11 is 0. The molecule has 0 saturated carbocycles. The van der Waals surface area contributed by atoms with Crippen LogP contribution in [-0.2, 0) is 0 Å². The van der Waals surface area contributed by atoms with Gasteiger partial charge in [0.2, 0.25) is 5.95 Å². The van der Waals surface area contributed by atoms with E-state index in [0.29, 0.717) is 11.5 Å². The molecule has 0 aliphatic carbocycles. The number of hydrogen-bond donors (Lipinski definition) is 2. The number of amides is 1. The normalized spacial score (nSPS) is 14.1. The highest BCUT2D eigenvalue weighted by Gasteiger charge is 2.22. The van der Waals surface area contributed by atoms with E-state index in [9.17, 15) is 4.79 Å². The van der Waals surface area contributed by atoms with Gasteiger partial charge in [-0.15, -0.1) is 0 Å². The Balaban J connectivity index is 1.55. The number of fused-ring (bicyclic) bond motifs is 2. The maximum atomic E-state index is 13.1. The van der Waals surface area contributed by atoms with Gasteiger partial charge in [0.25, 0.3) is 5.91 Å². The number of rotatable bonds is 3. The third-order valence-electron chi connectivity index (χ3n) is 4.98. The predicted octanol–water partition coefficient (Wildman–Crippen LogP) is 3.96. The molecule has 1 aliphatic rings. The molecule has 6 nitrogen and oxygen atoms in total. The number of carbonyl (C=O) groups excluding carboxylic acids is 1. The number of pyridine rings is 1. The van der Waals surface area contributed by atoms with Gasteiger partial charge in [-0.05, 0) is 37.1 Å². The molecule has 4 aromatic rings. The van der Waals surface area contributed by atoms with Crippen LogP contribution in [0.15, 0.2) is 54.6 Å². The van der Waals surface area contributed by atoms with E-state index in [1.807, 2.05) is 54.6 Å². The van der Waals surface area contributed by atoms with Gasteiger partial charge in [-0.3, -0.25) is 10.1 Å². The summed E-state index contributed by atoms with van der Waals surface area (Å²) in [7, 11) is 0. The van der Waals surface area contributed by atoms with Crippen LogP contribution in [0.3, 0.4) is 0 Å². The Hall–Kier alpha value is -3.41. The van der Waals surface area contributed by atoms with Crippen molar-refractivity contribution in [3.05, 3.63) is 60.2 Å². The molecule has 0 spiro atoms. The maximum Gasteiger partial charge on any atom is 0.261 e. The summed E-state index contributed by atoms with van der Waals surface area (Å²) in [5, 5.41) is 3.86. The van der Waals surface area contributed by atoms with E-state index in [1.54, 1.807) is 0 Å². The van der Waals surface area contributed by atoms with Crippen molar-refractivity contribution in [2.45, 2.75) is 12.8 Å². The van der Waals surface area contributed by atoms with E-state index in [4.69, 9.17) is 4.98 Å². The number of H-pyrrole nitrogens is 1. The molecular weight excluding hydrogens is 338 g/mol. The smallest absolute Gasteiger partial charge is 0.261 e. The summed E-state index contributed by atoms with van der Waals surface area (Å²) in [5.41, 5.74) is 3.20. The Labute approximate surface area is 156 Å². The highest BCUT2D eigenvalue weighted by molar-refractivity contribution is 6.09. The van der Waals surface area contributed by atoms with Crippen LogP contribution in [0, 0.1) is 0 Å². The number of aromatic amines is 1. The molecule has 6 heteroatoms. The largest absolute Gasteiger partial charge is 0.356 e. The lowest BCUT2D eigenvalue weighted by molar-refractivity contribution is 0.102. The Kier molecular flexibility index (Phi) is 3.74. The fraction of sp³-hybridized carbons (Fsp3) is 0.190. The van der Waals surface area contributed by atoms with Gasteiger partial charge in [0.1, 0.15) is 5.82 Å². The summed E-state index contributed by atoms with van der Waals surface area (Å²) in [6.45, 7) is 1.85. The van der Waals surface area contributed by atoms with Gasteiger partial charge in [0.05, 0.1) is 22.1 Å². The number of nitrogens with one attached hydrogen (secondary N) is 2. The average molecular weight is 357 g/mol. The lowest BCUT2D eigenvalue weighted by Gasteiger charge is -2.20. The Morgan fingerprint density at radius 2 is 1.70 bits per heavy atom. The van der Waals surface area contributed by atoms with Crippen LogP contribution in [0.25, 0.3) is 21.9 Å². The third-order valence-corrected chi connectivity index (χ3v) is 4.98. The van der Waals surface area contributed by atoms with Gasteiger partial charge in [-0.2, -0.15) is 0 Å². The highest BCUT2D eigenvalue weighted by Crippen LogP contribution is 2.27. The minimum Gasteiger partial charge on any atom is -0.356 e. The number of benzene rings is 2. The molecule has 1 amide bonds. The molecule has 0 atom stereocenters. The van der Waals surface area contributed by atoms with Gasteiger partial charge in [-0.1, -0.05) is 30.3 Å². The number of carbonyl (C=O) groups is 1. The van der Waals surface area contributed by atoms with Gasteiger partial charge in [-0.25, -0.2) is 9.97 Å². The monoisotopic (exact) mass is 357 g/mol. The molecule has 2 aromatic carbocycles. The zero-order valence-corrected chi connectivity index (χ0v) is 14.8. The van der Waals surface area contributed by atoms with E-state index >= 15 is 0 Å². The number of aromatic nitrogens is 3. The van der Waals surface area contributed by atoms with E-state index in [-0.39, 0.29) is 5.91 Å². The second kappa shape index (κ2) is 6.39. The molecule has 0 bridgehead atoms. The minimum atomic E-state index is -0.200. The van der Waals surface area contributed by atoms with Crippen molar-refractivity contribution in [3.63, 3.8) is 0 Å². The first-order valence-corrected chi connectivity index (χ1v) is 9.19. The molecule has 1 fully saturated rings. The van der Waals surface area contributed by atoms with E-state index < -0.39 is 0 Å². The number of para-hydroxylation sites is 3. The Morgan fingerprint density at radius 3 is 2.52 bits per heavy atom. The number of imidazole rings is 1. The number of anilines is 2. The standard InChI is InChI=1S/C21H19N5O/c27-20(25-21-23-17-9-3-4-10-18(17)24-21)15-13-14-7-1-2-8-16(14)22-19(15)26-11-5-6-12-26/h1-4,7-10,13H,5-6,11-12H2,(H2,23,24,25,27). The first-order valence-electron chi connectivity index (χ1n) is 9.19. The third kappa shape index (κ3) is 2.89. The van der Waals surface area contributed by atoms with Crippen LogP contribution in [0.2, 0.25) is 0 Å². The summed E-state index contributed by atoms with van der Waals surface area (Å²) in [6.07, 6.45) is 2.25. The molecule has 27 heavy (non-hydrogen) atoms. The molecule has 2 N–H and O–H groups in total. The van der Waals surface area contributed by atoms with E-state index in [1.165, 1.54) is 0 Å². The van der Waals surface area contributed by atoms with Crippen LogP contribution in [0.5, 0.6) is 0 Å². The zero-order valence-electron chi connectivity index (χ0n) is 14.8. The quantitative estimate of drug-likeness (QED) is 0.582. The van der Waals surface area contributed by atoms with Crippen molar-refractivity contribution in [3.8, 4) is 0 Å². The van der Waals surface area contributed by atoms with Crippen molar-refractivity contribution in [2.75, 3.05) is 23.3 Å². The van der Waals surface area contributed by atoms with Crippen LogP contribution in [-0.4, -0.2) is 33.9 Å². The molecule has 3 heterocycles. The second-order valence-electron chi connectivity index (χ2n) is 6.80. The fourth-order valence-electron chi connectivity index (χ4n) is 3.63. The fourth-order valence-corrected chi connectivity index (χ4v) is 3.63. The lowest BCUT2D eigenvalue weighted by Crippen LogP contribution is -2.24. The van der Waals surface area contributed by atoms with Gasteiger partial charge >= 0.3 is 0 Å². The van der Waals surface area contributed by atoms with Crippen LogP contribution < -0.4 is 10.2 Å². The van der Waals surface area contributed by atoms with Crippen molar-refractivity contribution < 1.29 is 4.79 Å². The topological polar surface area (TPSA) is 73.9 Å². The number of nitrogens with zero attached hydrogens (tertiary/aromatic N) is 3. The SMILES string of the molecule is O=C(Nc1nc2ccccc2[nH]1)c1cc2ccccc2nc1N1CCCC1. The molecule has 1 aliphatic heterocycles. The summed E-state index contributed by atoms with van der Waals surface area (Å²) < 4.78 is 0. The Bertz CT molecular complexity index is 1110. The van der Waals surface area contributed by atoms with Crippen molar-refractivity contribution in [1.29, 1.82) is 0 Å². The Morgan fingerprint density at radius 1 is 0.963 bits per heavy atom. The predicted molar refractivity (Wildman–Crippen MR) is 107 cm³/mol. The van der Waals surface area contributed by atoms with Crippen LogP contribution in [0.1, 0.15) is 23.2 Å². The molecule has 0 unspecified atom stereocenters. The van der Waals surface area contributed by atoms with E-state index in [0.717, 1.165) is 53.7 Å². The zero-order chi connectivity index (χ0) is 18.2. The molecule has 134 valence electrons. The number of hydrogen-bond acceptors (Lipinski definition) is 4. The lowest BCUT2D eigenvalue weighted by atomic mass is 10.1. The molecule has 5 rings (SSSR count). The molecule has 0 radical (unpaired) electrons. The van der Waals surface area contributed by atoms with Gasteiger partial charge < -0.3 is 9.88 Å². The minimum absolute atomic E-state index is 0.200. The average Bonchev–Trinajstić information content (AvgIpc) is 3.36. The summed E-state index contributed by atoms with van der Waals surface area (Å²) in [4.78, 5) is 27.7. The van der Waals surface area contributed by atoms with E-state index in [2.05, 4.69) is 20.2 Å². The second-order valence-corrected chi connectivity index (χ2v) is 6.80. The van der Waals surface area contributed by atoms with Crippen LogP contribution >= 0.6 is 0 Å². The van der Waals surface area contributed by atoms with Gasteiger partial charge in [0, 0.05) is 18.5 Å². The van der Waals surface area contributed by atoms with Crippen molar-refractivity contribution in [2.24, 2.45) is 0 Å². The maximum absolute atomic E-state index is 13.1. The molecule has 2 aromatic heterocycles. The highest BCUT2D eigenvalue weighted by atomic mass is 16.1. The van der Waals surface area contributed by atoms with Crippen LogP contribution in [0.4, 0.5) is 11.8 Å². The van der Waals surface area contributed by atoms with Crippen molar-refractivity contribution in [1.82, 2.24) is 15.0 Å². The summed E-state index contributed by atoms with van der Waals surface area (Å²) in [6, 6.07) is 17.5. The summed E-state index contributed by atoms with van der Waals surface area (Å²) in [5.74, 6) is 0.996. The van der Waals surface area contributed by atoms with Crippen molar-refractivity contribution >= 4 is 39.6 Å². The first-order chi connectivity index (χ1) is 13.3. The first kappa shape index (κ1) is 15.8. The van der Waals surface area contributed by atoms with Gasteiger partial charge in [0.15, 0.2) is 0 Å².